The van der Waals surface area contributed by atoms with Crippen LogP contribution in [0.4, 0.5) is 0 Å². The molecule has 6 heteroatoms. The van der Waals surface area contributed by atoms with E-state index in [1.165, 1.54) is 0 Å². The lowest BCUT2D eigenvalue weighted by Gasteiger charge is -2.37. The van der Waals surface area contributed by atoms with Crippen LogP contribution in [0.1, 0.15) is 0 Å². The van der Waals surface area contributed by atoms with Crippen LogP contribution in [0.15, 0.2) is 0 Å². The summed E-state index contributed by atoms with van der Waals surface area (Å²) in [7, 11) is 0. The highest BCUT2D eigenvalue weighted by atomic mass is 35.5. The Morgan fingerprint density at radius 1 is 1.00 bits per heavy atom. The minimum atomic E-state index is -1.49. The molecule has 12 heavy (non-hydrogen) atoms. The summed E-state index contributed by atoms with van der Waals surface area (Å²) in [6, 6.07) is 0. The molecule has 0 radical (unpaired) electrons. The van der Waals surface area contributed by atoms with E-state index in [-0.39, 0.29) is 5.88 Å². The maximum Gasteiger partial charge on any atom is 0.184 e. The number of halogens is 1. The fraction of sp³-hybridized carbons (Fsp3) is 1.00. The fourth-order valence-corrected chi connectivity index (χ4v) is 1.31. The molecule has 72 valence electrons. The Morgan fingerprint density at radius 2 is 1.58 bits per heavy atom. The van der Waals surface area contributed by atoms with Gasteiger partial charge in [0.15, 0.2) is 6.29 Å². The molecule has 1 heterocycles. The second kappa shape index (κ2) is 3.87. The van der Waals surface area contributed by atoms with E-state index in [0.717, 1.165) is 0 Å². The molecule has 1 rings (SSSR count). The van der Waals surface area contributed by atoms with Crippen molar-refractivity contribution in [2.75, 3.05) is 5.88 Å². The van der Waals surface area contributed by atoms with E-state index >= 15 is 0 Å². The maximum absolute atomic E-state index is 9.20. The summed E-state index contributed by atoms with van der Waals surface area (Å²) in [5, 5.41) is 36.3. The van der Waals surface area contributed by atoms with Gasteiger partial charge in [-0.1, -0.05) is 0 Å². The predicted molar refractivity (Wildman–Crippen MR) is 39.6 cm³/mol. The summed E-state index contributed by atoms with van der Waals surface area (Å²) < 4.78 is 4.69. The molecule has 1 fully saturated rings. The van der Waals surface area contributed by atoms with Gasteiger partial charge in [-0.05, 0) is 0 Å². The molecule has 5 nitrogen and oxygen atoms in total. The van der Waals surface area contributed by atoms with Crippen molar-refractivity contribution in [1.29, 1.82) is 0 Å². The third-order valence-electron chi connectivity index (χ3n) is 1.84. The molecule has 0 aromatic heterocycles. The number of aliphatic hydroxyl groups excluding tert-OH is 4. The van der Waals surface area contributed by atoms with E-state index in [1.807, 2.05) is 0 Å². The van der Waals surface area contributed by atoms with E-state index in [0.29, 0.717) is 0 Å². The molecule has 0 aromatic carbocycles. The quantitative estimate of drug-likeness (QED) is 0.367. The largest absolute Gasteiger partial charge is 0.388 e. The van der Waals surface area contributed by atoms with Crippen molar-refractivity contribution in [3.63, 3.8) is 0 Å². The number of rotatable bonds is 1. The molecule has 1 aliphatic rings. The Morgan fingerprint density at radius 3 is 2.08 bits per heavy atom. The Bertz CT molecular complexity index is 150. The zero-order chi connectivity index (χ0) is 9.30. The summed E-state index contributed by atoms with van der Waals surface area (Å²) in [5.74, 6) is -0.0536. The third kappa shape index (κ3) is 1.71. The standard InChI is InChI=1S/C6H11ClO5/c7-1-2-3(8)4(9)5(10)6(11)12-2/h2-6,8-11H,1H2/t2-,3-,4+,5-,6+/m0/s1. The van der Waals surface area contributed by atoms with Crippen molar-refractivity contribution in [1.82, 2.24) is 0 Å². The summed E-state index contributed by atoms with van der Waals surface area (Å²) >= 11 is 5.36. The van der Waals surface area contributed by atoms with Gasteiger partial charge in [-0.3, -0.25) is 0 Å². The molecular weight excluding hydrogens is 188 g/mol. The highest BCUT2D eigenvalue weighted by molar-refractivity contribution is 6.18. The third-order valence-corrected chi connectivity index (χ3v) is 2.14. The Labute approximate surface area is 74.2 Å². The number of hydrogen-bond donors (Lipinski definition) is 4. The van der Waals surface area contributed by atoms with Gasteiger partial charge in [0.2, 0.25) is 0 Å². The van der Waals surface area contributed by atoms with Gasteiger partial charge in [-0.2, -0.15) is 0 Å². The number of aliphatic hydroxyl groups is 4. The zero-order valence-corrected chi connectivity index (χ0v) is 6.92. The number of hydrogen-bond acceptors (Lipinski definition) is 5. The average Bonchev–Trinajstić information content (AvgIpc) is 2.08. The van der Waals surface area contributed by atoms with Gasteiger partial charge in [-0.15, -0.1) is 11.6 Å². The van der Waals surface area contributed by atoms with Gasteiger partial charge in [0.25, 0.3) is 0 Å². The van der Waals surface area contributed by atoms with Crippen LogP contribution in [0, 0.1) is 0 Å². The predicted octanol–water partition coefficient (Wildman–Crippen LogP) is -1.97. The lowest BCUT2D eigenvalue weighted by atomic mass is 10.0. The molecule has 0 saturated carbocycles. The van der Waals surface area contributed by atoms with Crippen LogP contribution in [-0.4, -0.2) is 57.0 Å². The molecule has 0 aliphatic carbocycles. The Kier molecular flexibility index (Phi) is 3.28. The number of ether oxygens (including phenoxy) is 1. The summed E-state index contributed by atoms with van der Waals surface area (Å²) in [5.41, 5.74) is 0. The van der Waals surface area contributed by atoms with Crippen LogP contribution in [0.25, 0.3) is 0 Å². The first kappa shape index (κ1) is 10.2. The molecular formula is C6H11ClO5. The van der Waals surface area contributed by atoms with Crippen LogP contribution >= 0.6 is 11.6 Å². The van der Waals surface area contributed by atoms with Crippen molar-refractivity contribution in [3.8, 4) is 0 Å². The number of alkyl halides is 1. The summed E-state index contributed by atoms with van der Waals surface area (Å²) in [4.78, 5) is 0. The second-order valence-electron chi connectivity index (χ2n) is 2.69. The van der Waals surface area contributed by atoms with Crippen molar-refractivity contribution < 1.29 is 25.2 Å². The highest BCUT2D eigenvalue weighted by Gasteiger charge is 2.42. The summed E-state index contributed by atoms with van der Waals surface area (Å²) in [6.45, 7) is 0. The molecule has 0 amide bonds. The first-order chi connectivity index (χ1) is 5.57. The van der Waals surface area contributed by atoms with Crippen LogP contribution < -0.4 is 0 Å². The second-order valence-corrected chi connectivity index (χ2v) is 3.00. The minimum absolute atomic E-state index is 0.0536. The smallest absolute Gasteiger partial charge is 0.184 e. The normalized spacial score (nSPS) is 49.2. The Balaban J connectivity index is 2.63. The van der Waals surface area contributed by atoms with Crippen LogP contribution in [0.2, 0.25) is 0 Å². The molecule has 4 N–H and O–H groups in total. The topological polar surface area (TPSA) is 90.2 Å². The average molecular weight is 199 g/mol. The fourth-order valence-electron chi connectivity index (χ4n) is 1.06. The molecule has 5 atom stereocenters. The molecule has 1 aliphatic heterocycles. The highest BCUT2D eigenvalue weighted by Crippen LogP contribution is 2.20. The van der Waals surface area contributed by atoms with Crippen LogP contribution in [-0.2, 0) is 4.74 Å². The van der Waals surface area contributed by atoms with Gasteiger partial charge in [-0.25, -0.2) is 0 Å². The Hall–Kier alpha value is 0.0900. The van der Waals surface area contributed by atoms with Gasteiger partial charge < -0.3 is 25.2 Å². The van der Waals surface area contributed by atoms with E-state index in [4.69, 9.17) is 31.7 Å². The minimum Gasteiger partial charge on any atom is -0.388 e. The van der Waals surface area contributed by atoms with E-state index in [9.17, 15) is 5.11 Å². The van der Waals surface area contributed by atoms with Crippen molar-refractivity contribution in [2.45, 2.75) is 30.7 Å². The van der Waals surface area contributed by atoms with Gasteiger partial charge in [0.05, 0.1) is 5.88 Å². The van der Waals surface area contributed by atoms with Crippen LogP contribution in [0.5, 0.6) is 0 Å². The molecule has 0 bridgehead atoms. The lowest BCUT2D eigenvalue weighted by molar-refractivity contribution is -0.276. The molecule has 1 saturated heterocycles. The van der Waals surface area contributed by atoms with Crippen molar-refractivity contribution in [3.05, 3.63) is 0 Å². The maximum atomic E-state index is 9.20. The first-order valence-corrected chi connectivity index (χ1v) is 4.05. The summed E-state index contributed by atoms with van der Waals surface area (Å²) in [6.07, 6.45) is -6.51. The SMILES string of the molecule is O[C@@H]1[C@@H](O)[C@H](CCl)O[C@@H](O)[C@H]1O. The van der Waals surface area contributed by atoms with Gasteiger partial charge in [0, 0.05) is 0 Å². The monoisotopic (exact) mass is 198 g/mol. The van der Waals surface area contributed by atoms with Crippen LogP contribution in [0.3, 0.4) is 0 Å². The van der Waals surface area contributed by atoms with Gasteiger partial charge in [0.1, 0.15) is 24.4 Å². The zero-order valence-electron chi connectivity index (χ0n) is 6.17. The molecule has 0 unspecified atom stereocenters. The van der Waals surface area contributed by atoms with E-state index < -0.39 is 30.7 Å². The van der Waals surface area contributed by atoms with Gasteiger partial charge >= 0.3 is 0 Å². The molecule has 0 aromatic rings. The van der Waals surface area contributed by atoms with E-state index in [1.54, 1.807) is 0 Å². The van der Waals surface area contributed by atoms with Crippen molar-refractivity contribution >= 4 is 11.6 Å². The first-order valence-electron chi connectivity index (χ1n) is 3.51. The van der Waals surface area contributed by atoms with Crippen molar-refractivity contribution in [2.24, 2.45) is 0 Å². The van der Waals surface area contributed by atoms with E-state index in [2.05, 4.69) is 0 Å². The lowest BCUT2D eigenvalue weighted by Crippen LogP contribution is -2.57. The molecule has 0 spiro atoms.